The lowest BCUT2D eigenvalue weighted by Gasteiger charge is -2.21. The maximum Gasteiger partial charge on any atom is 0.326 e. The molecule has 2 N–H and O–H groups in total. The molecule has 0 amide bonds. The number of pyridine rings is 1. The average molecular weight is 253 g/mol. The largest absolute Gasteiger partial charge is 0.481 e. The van der Waals surface area contributed by atoms with Crippen molar-refractivity contribution in [1.82, 2.24) is 4.57 Å². The van der Waals surface area contributed by atoms with Gasteiger partial charge in [-0.1, -0.05) is 0 Å². The molecule has 0 saturated heterocycles. The predicted octanol–water partition coefficient (Wildman–Crippen LogP) is 0.956. The zero-order valence-electron chi connectivity index (χ0n) is 10.2. The fourth-order valence-corrected chi connectivity index (χ4v) is 1.99. The SMILES string of the molecule is Cc1cc(=O)cc(C)n1C(CCC(=O)O)C(=O)O. The molecule has 0 saturated carbocycles. The van der Waals surface area contributed by atoms with E-state index in [2.05, 4.69) is 0 Å². The van der Waals surface area contributed by atoms with E-state index in [1.54, 1.807) is 13.8 Å². The monoisotopic (exact) mass is 253 g/mol. The Bertz CT molecular complexity index is 506. The summed E-state index contributed by atoms with van der Waals surface area (Å²) in [6.07, 6.45) is -0.253. The second kappa shape index (κ2) is 5.48. The van der Waals surface area contributed by atoms with Crippen LogP contribution in [0.25, 0.3) is 0 Å². The highest BCUT2D eigenvalue weighted by molar-refractivity contribution is 5.74. The number of aryl methyl sites for hydroxylation is 2. The normalized spacial score (nSPS) is 12.1. The smallest absolute Gasteiger partial charge is 0.326 e. The first-order valence-electron chi connectivity index (χ1n) is 5.47. The van der Waals surface area contributed by atoms with E-state index in [4.69, 9.17) is 10.2 Å². The fraction of sp³-hybridized carbons (Fsp3) is 0.417. The van der Waals surface area contributed by atoms with Crippen LogP contribution in [0.2, 0.25) is 0 Å². The minimum atomic E-state index is -1.11. The molecule has 1 unspecified atom stereocenters. The van der Waals surface area contributed by atoms with Crippen LogP contribution >= 0.6 is 0 Å². The third-order valence-electron chi connectivity index (χ3n) is 2.69. The van der Waals surface area contributed by atoms with Gasteiger partial charge in [-0.3, -0.25) is 9.59 Å². The third-order valence-corrected chi connectivity index (χ3v) is 2.69. The summed E-state index contributed by atoms with van der Waals surface area (Å²) in [4.78, 5) is 33.0. The van der Waals surface area contributed by atoms with Gasteiger partial charge in [-0.15, -0.1) is 0 Å². The van der Waals surface area contributed by atoms with Gasteiger partial charge in [-0.2, -0.15) is 0 Å². The Hall–Kier alpha value is -2.11. The van der Waals surface area contributed by atoms with Gasteiger partial charge in [0.05, 0.1) is 0 Å². The number of rotatable bonds is 5. The Kier molecular flexibility index (Phi) is 4.25. The van der Waals surface area contributed by atoms with Gasteiger partial charge in [0.2, 0.25) is 0 Å². The van der Waals surface area contributed by atoms with Gasteiger partial charge < -0.3 is 14.8 Å². The molecule has 0 fully saturated rings. The maximum absolute atomic E-state index is 11.3. The molecule has 1 heterocycles. The van der Waals surface area contributed by atoms with Crippen LogP contribution in [-0.4, -0.2) is 26.7 Å². The van der Waals surface area contributed by atoms with Crippen molar-refractivity contribution in [1.29, 1.82) is 0 Å². The Morgan fingerprint density at radius 3 is 2.11 bits per heavy atom. The summed E-state index contributed by atoms with van der Waals surface area (Å²) < 4.78 is 1.48. The number of aliphatic carboxylic acids is 2. The molecule has 98 valence electrons. The van der Waals surface area contributed by atoms with Crippen molar-refractivity contribution >= 4 is 11.9 Å². The number of hydrogen-bond donors (Lipinski definition) is 2. The molecule has 0 aliphatic rings. The molecule has 6 heteroatoms. The van der Waals surface area contributed by atoms with Crippen molar-refractivity contribution in [3.8, 4) is 0 Å². The van der Waals surface area contributed by atoms with Crippen molar-refractivity contribution < 1.29 is 19.8 Å². The van der Waals surface area contributed by atoms with Crippen molar-refractivity contribution in [3.63, 3.8) is 0 Å². The van der Waals surface area contributed by atoms with E-state index in [1.165, 1.54) is 16.7 Å². The van der Waals surface area contributed by atoms with Gasteiger partial charge >= 0.3 is 11.9 Å². The second-order valence-corrected chi connectivity index (χ2v) is 4.13. The summed E-state index contributed by atoms with van der Waals surface area (Å²) in [6, 6.07) is 1.70. The molecular weight excluding hydrogens is 238 g/mol. The van der Waals surface area contributed by atoms with E-state index in [9.17, 15) is 14.4 Å². The molecule has 0 spiro atoms. The zero-order valence-corrected chi connectivity index (χ0v) is 10.2. The molecule has 1 rings (SSSR count). The van der Waals surface area contributed by atoms with Crippen molar-refractivity contribution in [2.24, 2.45) is 0 Å². The van der Waals surface area contributed by atoms with Gasteiger partial charge in [0.15, 0.2) is 5.43 Å². The molecule has 1 atom stereocenters. The lowest BCUT2D eigenvalue weighted by molar-refractivity contribution is -0.142. The van der Waals surface area contributed by atoms with E-state index in [-0.39, 0.29) is 18.3 Å². The summed E-state index contributed by atoms with van der Waals surface area (Å²) in [7, 11) is 0. The van der Waals surface area contributed by atoms with Crippen LogP contribution in [0.1, 0.15) is 30.3 Å². The van der Waals surface area contributed by atoms with E-state index >= 15 is 0 Å². The lowest BCUT2D eigenvalue weighted by Crippen LogP contribution is -2.25. The van der Waals surface area contributed by atoms with Gasteiger partial charge in [-0.25, -0.2) is 4.79 Å². The standard InChI is InChI=1S/C12H15NO5/c1-7-5-9(14)6-8(2)13(7)10(12(17)18)3-4-11(15)16/h5-6,10H,3-4H2,1-2H3,(H,15,16)(H,17,18). The van der Waals surface area contributed by atoms with Crippen LogP contribution in [0.3, 0.4) is 0 Å². The van der Waals surface area contributed by atoms with E-state index < -0.39 is 18.0 Å². The van der Waals surface area contributed by atoms with Crippen LogP contribution in [0.15, 0.2) is 16.9 Å². The molecule has 0 aliphatic heterocycles. The van der Waals surface area contributed by atoms with Gasteiger partial charge in [0.1, 0.15) is 6.04 Å². The number of carboxylic acid groups (broad SMARTS) is 2. The third kappa shape index (κ3) is 3.19. The molecule has 0 bridgehead atoms. The van der Waals surface area contributed by atoms with Crippen LogP contribution in [0.4, 0.5) is 0 Å². The maximum atomic E-state index is 11.3. The van der Waals surface area contributed by atoms with Gasteiger partial charge in [0.25, 0.3) is 0 Å². The number of carbonyl (C=O) groups is 2. The predicted molar refractivity (Wildman–Crippen MR) is 63.7 cm³/mol. The number of aromatic nitrogens is 1. The van der Waals surface area contributed by atoms with Gasteiger partial charge in [0, 0.05) is 29.9 Å². The minimum Gasteiger partial charge on any atom is -0.481 e. The first kappa shape index (κ1) is 14.0. The molecule has 1 aromatic heterocycles. The Labute approximate surface area is 103 Å². The fourth-order valence-electron chi connectivity index (χ4n) is 1.99. The molecule has 0 radical (unpaired) electrons. The Morgan fingerprint density at radius 1 is 1.22 bits per heavy atom. The van der Waals surface area contributed by atoms with Crippen LogP contribution < -0.4 is 5.43 Å². The van der Waals surface area contributed by atoms with Crippen LogP contribution in [0, 0.1) is 13.8 Å². The highest BCUT2D eigenvalue weighted by Crippen LogP contribution is 2.18. The second-order valence-electron chi connectivity index (χ2n) is 4.13. The Balaban J connectivity index is 3.17. The van der Waals surface area contributed by atoms with Gasteiger partial charge in [-0.05, 0) is 20.3 Å². The van der Waals surface area contributed by atoms with Crippen molar-refractivity contribution in [2.45, 2.75) is 32.7 Å². The van der Waals surface area contributed by atoms with Crippen molar-refractivity contribution in [3.05, 3.63) is 33.7 Å². The summed E-state index contributed by atoms with van der Waals surface area (Å²) in [5, 5.41) is 17.8. The van der Waals surface area contributed by atoms with E-state index in [0.717, 1.165) is 0 Å². The highest BCUT2D eigenvalue weighted by atomic mass is 16.4. The molecule has 0 aliphatic carbocycles. The highest BCUT2D eigenvalue weighted by Gasteiger charge is 2.22. The quantitative estimate of drug-likeness (QED) is 0.814. The number of hydrogen-bond acceptors (Lipinski definition) is 3. The number of nitrogens with zero attached hydrogens (tertiary/aromatic N) is 1. The Morgan fingerprint density at radius 2 is 1.72 bits per heavy atom. The summed E-state index contributed by atoms with van der Waals surface area (Å²) in [5.41, 5.74) is 0.833. The summed E-state index contributed by atoms with van der Waals surface area (Å²) in [6.45, 7) is 3.26. The molecule has 6 nitrogen and oxygen atoms in total. The average Bonchev–Trinajstić information content (AvgIpc) is 2.20. The lowest BCUT2D eigenvalue weighted by atomic mass is 10.1. The van der Waals surface area contributed by atoms with E-state index in [1.807, 2.05) is 0 Å². The first-order valence-corrected chi connectivity index (χ1v) is 5.47. The topological polar surface area (TPSA) is 96.6 Å². The zero-order chi connectivity index (χ0) is 13.9. The molecule has 1 aromatic rings. The molecule has 0 aromatic carbocycles. The minimum absolute atomic E-state index is 0.0186. The summed E-state index contributed by atoms with van der Waals surface area (Å²) >= 11 is 0. The first-order chi connectivity index (χ1) is 8.32. The van der Waals surface area contributed by atoms with Crippen LogP contribution in [0.5, 0.6) is 0 Å². The number of carboxylic acids is 2. The summed E-state index contributed by atoms with van der Waals surface area (Å²) in [5.74, 6) is -2.15. The van der Waals surface area contributed by atoms with Crippen molar-refractivity contribution in [2.75, 3.05) is 0 Å². The molecular formula is C12H15NO5. The van der Waals surface area contributed by atoms with Crippen LogP contribution in [-0.2, 0) is 9.59 Å². The van der Waals surface area contributed by atoms with E-state index in [0.29, 0.717) is 11.4 Å². The molecule has 18 heavy (non-hydrogen) atoms.